The first-order chi connectivity index (χ1) is 11.8. The van der Waals surface area contributed by atoms with Gasteiger partial charge in [-0.2, -0.15) is 13.2 Å². The van der Waals surface area contributed by atoms with Crippen molar-refractivity contribution < 1.29 is 27.4 Å². The Morgan fingerprint density at radius 3 is 2.56 bits per heavy atom. The van der Waals surface area contributed by atoms with Crippen molar-refractivity contribution in [2.45, 2.75) is 6.18 Å². The zero-order valence-corrected chi connectivity index (χ0v) is 13.3. The van der Waals surface area contributed by atoms with Gasteiger partial charge < -0.3 is 14.8 Å². The number of carbonyl (C=O) groups is 1. The summed E-state index contributed by atoms with van der Waals surface area (Å²) < 4.78 is 49.2. The standard InChI is InChI=1S/C16H11F3N2O3S/c17-16(18,19)10-3-1-2-4-11(10)20-15(25)21-14(22)9-5-6-12-13(7-9)24-8-23-12/h1-7H,8H2,(H2,20,21,22,25). The van der Waals surface area contributed by atoms with Gasteiger partial charge in [-0.25, -0.2) is 0 Å². The predicted molar refractivity (Wildman–Crippen MR) is 87.7 cm³/mol. The summed E-state index contributed by atoms with van der Waals surface area (Å²) in [7, 11) is 0. The molecule has 25 heavy (non-hydrogen) atoms. The van der Waals surface area contributed by atoms with Gasteiger partial charge in [-0.3, -0.25) is 10.1 Å². The number of thiocarbonyl (C=S) groups is 1. The largest absolute Gasteiger partial charge is 0.454 e. The molecule has 0 saturated heterocycles. The van der Waals surface area contributed by atoms with Gasteiger partial charge in [-0.05, 0) is 42.5 Å². The highest BCUT2D eigenvalue weighted by Crippen LogP contribution is 2.34. The molecule has 0 radical (unpaired) electrons. The number of nitrogens with one attached hydrogen (secondary N) is 2. The SMILES string of the molecule is O=C(NC(=S)Nc1ccccc1C(F)(F)F)c1ccc2c(c1)OCO2. The maximum Gasteiger partial charge on any atom is 0.418 e. The third-order valence-corrected chi connectivity index (χ3v) is 3.55. The maximum atomic E-state index is 13.0. The van der Waals surface area contributed by atoms with Crippen molar-refractivity contribution in [2.24, 2.45) is 0 Å². The lowest BCUT2D eigenvalue weighted by molar-refractivity contribution is -0.136. The molecule has 130 valence electrons. The number of halogens is 3. The molecule has 0 saturated carbocycles. The van der Waals surface area contributed by atoms with Crippen LogP contribution in [0.25, 0.3) is 0 Å². The third-order valence-electron chi connectivity index (χ3n) is 3.34. The van der Waals surface area contributed by atoms with Crippen molar-refractivity contribution in [3.8, 4) is 11.5 Å². The highest BCUT2D eigenvalue weighted by molar-refractivity contribution is 7.80. The van der Waals surface area contributed by atoms with Crippen molar-refractivity contribution in [3.63, 3.8) is 0 Å². The van der Waals surface area contributed by atoms with Crippen molar-refractivity contribution in [1.29, 1.82) is 0 Å². The van der Waals surface area contributed by atoms with Gasteiger partial charge in [0.05, 0.1) is 11.3 Å². The number of ether oxygens (including phenoxy) is 2. The molecule has 0 spiro atoms. The van der Waals surface area contributed by atoms with Gasteiger partial charge in [-0.1, -0.05) is 12.1 Å². The number of benzene rings is 2. The lowest BCUT2D eigenvalue weighted by Gasteiger charge is -2.15. The summed E-state index contributed by atoms with van der Waals surface area (Å²) in [5.41, 5.74) is -0.891. The summed E-state index contributed by atoms with van der Waals surface area (Å²) in [6, 6.07) is 9.36. The molecule has 1 aliphatic rings. The van der Waals surface area contributed by atoms with E-state index in [1.165, 1.54) is 30.3 Å². The molecule has 0 fully saturated rings. The Balaban J connectivity index is 1.70. The van der Waals surface area contributed by atoms with Crippen LogP contribution in [0.5, 0.6) is 11.5 Å². The second kappa shape index (κ2) is 6.60. The van der Waals surface area contributed by atoms with Crippen LogP contribution in [0.2, 0.25) is 0 Å². The number of hydrogen-bond acceptors (Lipinski definition) is 4. The number of amides is 1. The first-order valence-corrected chi connectivity index (χ1v) is 7.43. The zero-order valence-electron chi connectivity index (χ0n) is 12.5. The van der Waals surface area contributed by atoms with Crippen molar-refractivity contribution in [2.75, 3.05) is 12.1 Å². The van der Waals surface area contributed by atoms with Crippen molar-refractivity contribution in [3.05, 3.63) is 53.6 Å². The molecule has 0 unspecified atom stereocenters. The van der Waals surface area contributed by atoms with Crippen molar-refractivity contribution >= 4 is 28.9 Å². The van der Waals surface area contributed by atoms with E-state index in [1.54, 1.807) is 6.07 Å². The molecule has 0 bridgehead atoms. The molecule has 9 heteroatoms. The van der Waals surface area contributed by atoms with E-state index in [2.05, 4.69) is 10.6 Å². The monoisotopic (exact) mass is 368 g/mol. The summed E-state index contributed by atoms with van der Waals surface area (Å²) in [5, 5.41) is 4.48. The van der Waals surface area contributed by atoms with Crippen LogP contribution in [0.1, 0.15) is 15.9 Å². The summed E-state index contributed by atoms with van der Waals surface area (Å²) >= 11 is 4.93. The number of hydrogen-bond donors (Lipinski definition) is 2. The van der Waals surface area contributed by atoms with Crippen LogP contribution in [0.4, 0.5) is 18.9 Å². The summed E-state index contributed by atoms with van der Waals surface area (Å²) in [4.78, 5) is 12.2. The lowest BCUT2D eigenvalue weighted by Crippen LogP contribution is -2.34. The van der Waals surface area contributed by atoms with Crippen LogP contribution in [0.3, 0.4) is 0 Å². The second-order valence-electron chi connectivity index (χ2n) is 5.02. The minimum absolute atomic E-state index is 0.0641. The van der Waals surface area contributed by atoms with Gasteiger partial charge in [0.2, 0.25) is 6.79 Å². The van der Waals surface area contributed by atoms with Crippen LogP contribution in [-0.4, -0.2) is 17.8 Å². The van der Waals surface area contributed by atoms with Crippen LogP contribution >= 0.6 is 12.2 Å². The quantitative estimate of drug-likeness (QED) is 0.794. The lowest BCUT2D eigenvalue weighted by atomic mass is 10.1. The molecule has 5 nitrogen and oxygen atoms in total. The Hall–Kier alpha value is -2.81. The number of para-hydroxylation sites is 1. The topological polar surface area (TPSA) is 59.6 Å². The Bertz CT molecular complexity index is 840. The van der Waals surface area contributed by atoms with Gasteiger partial charge in [0.25, 0.3) is 5.91 Å². The predicted octanol–water partition coefficient (Wildman–Crippen LogP) is 3.56. The summed E-state index contributed by atoms with van der Waals surface area (Å²) in [5.74, 6) is 0.339. The first-order valence-electron chi connectivity index (χ1n) is 7.03. The molecule has 2 N–H and O–H groups in total. The molecular weight excluding hydrogens is 357 g/mol. The molecule has 1 heterocycles. The Labute approximate surface area is 145 Å². The fraction of sp³-hybridized carbons (Fsp3) is 0.125. The van der Waals surface area contributed by atoms with Crippen LogP contribution in [0, 0.1) is 0 Å². The summed E-state index contributed by atoms with van der Waals surface area (Å²) in [6.45, 7) is 0.0641. The van der Waals surface area contributed by atoms with Crippen LogP contribution in [-0.2, 0) is 6.18 Å². The highest BCUT2D eigenvalue weighted by atomic mass is 32.1. The van der Waals surface area contributed by atoms with Crippen molar-refractivity contribution in [1.82, 2.24) is 5.32 Å². The molecule has 1 aliphatic heterocycles. The number of fused-ring (bicyclic) bond motifs is 1. The van der Waals surface area contributed by atoms with E-state index in [1.807, 2.05) is 0 Å². The Kier molecular flexibility index (Phi) is 4.49. The number of anilines is 1. The maximum absolute atomic E-state index is 13.0. The second-order valence-corrected chi connectivity index (χ2v) is 5.43. The fourth-order valence-corrected chi connectivity index (χ4v) is 2.41. The van der Waals surface area contributed by atoms with E-state index in [0.29, 0.717) is 11.5 Å². The molecule has 0 aliphatic carbocycles. The van der Waals surface area contributed by atoms with Gasteiger partial charge >= 0.3 is 6.18 Å². The molecule has 0 aromatic heterocycles. The van der Waals surface area contributed by atoms with Gasteiger partial charge in [0, 0.05) is 5.56 Å². The normalized spacial score (nSPS) is 12.6. The van der Waals surface area contributed by atoms with E-state index in [-0.39, 0.29) is 23.2 Å². The summed E-state index contributed by atoms with van der Waals surface area (Å²) in [6.07, 6.45) is -4.54. The zero-order chi connectivity index (χ0) is 18.0. The average Bonchev–Trinajstić information content (AvgIpc) is 3.01. The van der Waals surface area contributed by atoms with E-state index in [9.17, 15) is 18.0 Å². The molecular formula is C16H11F3N2O3S. The van der Waals surface area contributed by atoms with E-state index >= 15 is 0 Å². The number of alkyl halides is 3. The highest BCUT2D eigenvalue weighted by Gasteiger charge is 2.33. The smallest absolute Gasteiger partial charge is 0.418 e. The molecule has 2 aromatic rings. The third kappa shape index (κ3) is 3.82. The van der Waals surface area contributed by atoms with Crippen LogP contribution < -0.4 is 20.1 Å². The van der Waals surface area contributed by atoms with Crippen LogP contribution in [0.15, 0.2) is 42.5 Å². The van der Waals surface area contributed by atoms with Gasteiger partial charge in [-0.15, -0.1) is 0 Å². The van der Waals surface area contributed by atoms with E-state index in [4.69, 9.17) is 21.7 Å². The number of carbonyl (C=O) groups excluding carboxylic acids is 1. The van der Waals surface area contributed by atoms with E-state index in [0.717, 1.165) is 6.07 Å². The van der Waals surface area contributed by atoms with Gasteiger partial charge in [0.15, 0.2) is 16.6 Å². The Morgan fingerprint density at radius 1 is 1.08 bits per heavy atom. The molecule has 0 atom stereocenters. The molecule has 2 aromatic carbocycles. The average molecular weight is 368 g/mol. The minimum Gasteiger partial charge on any atom is -0.454 e. The first kappa shape index (κ1) is 17.0. The molecule has 3 rings (SSSR count). The fourth-order valence-electron chi connectivity index (χ4n) is 2.21. The van der Waals surface area contributed by atoms with Gasteiger partial charge in [0.1, 0.15) is 0 Å². The Morgan fingerprint density at radius 2 is 1.80 bits per heavy atom. The van der Waals surface area contributed by atoms with E-state index < -0.39 is 17.6 Å². The molecule has 1 amide bonds. The minimum atomic E-state index is -4.54. The number of rotatable bonds is 2.